The van der Waals surface area contributed by atoms with E-state index in [-0.39, 0.29) is 17.2 Å². The van der Waals surface area contributed by atoms with Crippen molar-refractivity contribution in [1.29, 1.82) is 0 Å². The first-order valence-corrected chi connectivity index (χ1v) is 8.74. The predicted molar refractivity (Wildman–Crippen MR) is 105 cm³/mol. The number of hydrogen-bond donors (Lipinski definition) is 3. The number of benzene rings is 1. The summed E-state index contributed by atoms with van der Waals surface area (Å²) in [5, 5.41) is 14.5. The van der Waals surface area contributed by atoms with Crippen LogP contribution in [0.3, 0.4) is 0 Å². The molecule has 3 N–H and O–H groups in total. The van der Waals surface area contributed by atoms with Crippen molar-refractivity contribution < 1.29 is 19.2 Å². The van der Waals surface area contributed by atoms with E-state index in [1.807, 2.05) is 0 Å². The van der Waals surface area contributed by atoms with Crippen molar-refractivity contribution in [3.63, 3.8) is 0 Å². The molecule has 0 fully saturated rings. The number of pyridine rings is 1. The third-order valence-electron chi connectivity index (χ3n) is 4.03. The lowest BCUT2D eigenvalue weighted by molar-refractivity contribution is -0.383. The molecule has 2 aromatic heterocycles. The number of nitro groups is 1. The standard InChI is InChI=1S/C18H15N7O5/c26-18(11-2-1-5-19-9-11)24-23-17-15(25(27)28)16(20-10-21-17)22-12-3-4-13-14(8-12)30-7-6-29-13/h1-5,8-10H,6-7H2,(H,24,26)(H2,20,21,22,23). The van der Waals surface area contributed by atoms with Gasteiger partial charge in [-0.15, -0.1) is 0 Å². The van der Waals surface area contributed by atoms with Gasteiger partial charge in [0.05, 0.1) is 10.5 Å². The Balaban J connectivity index is 1.55. The van der Waals surface area contributed by atoms with Gasteiger partial charge in [-0.3, -0.25) is 30.7 Å². The van der Waals surface area contributed by atoms with Gasteiger partial charge < -0.3 is 14.8 Å². The van der Waals surface area contributed by atoms with Crippen LogP contribution in [0.5, 0.6) is 11.5 Å². The largest absolute Gasteiger partial charge is 0.486 e. The summed E-state index contributed by atoms with van der Waals surface area (Å²) < 4.78 is 11.0. The Kier molecular flexibility index (Phi) is 5.19. The maximum absolute atomic E-state index is 12.1. The summed E-state index contributed by atoms with van der Waals surface area (Å²) in [4.78, 5) is 34.8. The average Bonchev–Trinajstić information content (AvgIpc) is 2.78. The molecule has 0 saturated carbocycles. The van der Waals surface area contributed by atoms with Gasteiger partial charge in [-0.05, 0) is 24.3 Å². The zero-order valence-corrected chi connectivity index (χ0v) is 15.4. The first-order chi connectivity index (χ1) is 14.6. The molecule has 0 radical (unpaired) electrons. The van der Waals surface area contributed by atoms with E-state index in [0.717, 1.165) is 6.33 Å². The molecule has 0 atom stereocenters. The zero-order valence-electron chi connectivity index (χ0n) is 15.4. The number of carbonyl (C=O) groups is 1. The zero-order chi connectivity index (χ0) is 20.9. The second kappa shape index (κ2) is 8.26. The molecule has 4 rings (SSSR count). The lowest BCUT2D eigenvalue weighted by atomic mass is 10.2. The summed E-state index contributed by atoms with van der Waals surface area (Å²) in [6, 6.07) is 8.16. The number of rotatable bonds is 6. The fourth-order valence-corrected chi connectivity index (χ4v) is 2.68. The maximum atomic E-state index is 12.1. The topological polar surface area (TPSA) is 153 Å². The minimum absolute atomic E-state index is 0.0650. The van der Waals surface area contributed by atoms with Crippen LogP contribution in [0.15, 0.2) is 49.1 Å². The molecule has 12 nitrogen and oxygen atoms in total. The third-order valence-corrected chi connectivity index (χ3v) is 4.03. The molecule has 0 spiro atoms. The number of ether oxygens (including phenoxy) is 2. The van der Waals surface area contributed by atoms with Crippen LogP contribution in [-0.4, -0.2) is 39.0 Å². The summed E-state index contributed by atoms with van der Waals surface area (Å²) in [5.74, 6) is 0.323. The van der Waals surface area contributed by atoms with Gasteiger partial charge in [0.1, 0.15) is 19.5 Å². The van der Waals surface area contributed by atoms with Crippen molar-refractivity contribution in [3.05, 3.63) is 64.7 Å². The minimum atomic E-state index is -0.654. The molecule has 3 aromatic rings. The van der Waals surface area contributed by atoms with Gasteiger partial charge in [0, 0.05) is 24.1 Å². The summed E-state index contributed by atoms with van der Waals surface area (Å²) in [7, 11) is 0. The highest BCUT2D eigenvalue weighted by molar-refractivity contribution is 5.94. The van der Waals surface area contributed by atoms with Gasteiger partial charge in [-0.25, -0.2) is 9.97 Å². The van der Waals surface area contributed by atoms with E-state index in [4.69, 9.17) is 9.47 Å². The lowest BCUT2D eigenvalue weighted by Crippen LogP contribution is -2.30. The van der Waals surface area contributed by atoms with Gasteiger partial charge in [0.25, 0.3) is 5.91 Å². The molecule has 1 amide bonds. The smallest absolute Gasteiger partial charge is 0.355 e. The molecule has 12 heteroatoms. The van der Waals surface area contributed by atoms with Crippen molar-refractivity contribution in [2.24, 2.45) is 0 Å². The number of aromatic nitrogens is 3. The Morgan fingerprint density at radius 1 is 1.10 bits per heavy atom. The van der Waals surface area contributed by atoms with Crippen LogP contribution in [0, 0.1) is 10.1 Å². The first-order valence-electron chi connectivity index (χ1n) is 8.74. The number of anilines is 3. The Labute approximate surface area is 169 Å². The molecule has 1 aromatic carbocycles. The van der Waals surface area contributed by atoms with Gasteiger partial charge in [-0.1, -0.05) is 0 Å². The van der Waals surface area contributed by atoms with E-state index in [1.165, 1.54) is 12.4 Å². The van der Waals surface area contributed by atoms with Crippen LogP contribution < -0.4 is 25.6 Å². The Morgan fingerprint density at radius 2 is 1.90 bits per heavy atom. The summed E-state index contributed by atoms with van der Waals surface area (Å²) in [6.45, 7) is 0.867. The molecule has 0 saturated heterocycles. The van der Waals surface area contributed by atoms with Crippen molar-refractivity contribution in [2.75, 3.05) is 24.0 Å². The number of carbonyl (C=O) groups excluding carboxylic acids is 1. The SMILES string of the molecule is O=C(NNc1ncnc(Nc2ccc3c(c2)OCCO3)c1[N+](=O)[O-])c1cccnc1. The Bertz CT molecular complexity index is 1090. The first kappa shape index (κ1) is 18.9. The second-order valence-electron chi connectivity index (χ2n) is 5.98. The fourth-order valence-electron chi connectivity index (χ4n) is 2.68. The van der Waals surface area contributed by atoms with E-state index in [9.17, 15) is 14.9 Å². The van der Waals surface area contributed by atoms with Gasteiger partial charge in [0.2, 0.25) is 11.6 Å². The molecule has 30 heavy (non-hydrogen) atoms. The molecule has 3 heterocycles. The van der Waals surface area contributed by atoms with Gasteiger partial charge >= 0.3 is 5.69 Å². The van der Waals surface area contributed by atoms with E-state index < -0.39 is 16.5 Å². The highest BCUT2D eigenvalue weighted by atomic mass is 16.6. The number of nitrogens with zero attached hydrogens (tertiary/aromatic N) is 4. The van der Waals surface area contributed by atoms with Crippen LogP contribution in [0.25, 0.3) is 0 Å². The van der Waals surface area contributed by atoms with Gasteiger partial charge in [-0.2, -0.15) is 0 Å². The molecular weight excluding hydrogens is 394 g/mol. The lowest BCUT2D eigenvalue weighted by Gasteiger charge is -2.19. The quantitative estimate of drug-likeness (QED) is 0.407. The minimum Gasteiger partial charge on any atom is -0.486 e. The Morgan fingerprint density at radius 3 is 2.67 bits per heavy atom. The monoisotopic (exact) mass is 409 g/mol. The highest BCUT2D eigenvalue weighted by Crippen LogP contribution is 2.36. The number of nitrogens with one attached hydrogen (secondary N) is 3. The normalized spacial score (nSPS) is 12.0. The van der Waals surface area contributed by atoms with E-state index in [1.54, 1.807) is 30.3 Å². The summed E-state index contributed by atoms with van der Waals surface area (Å²) in [5.41, 5.74) is 5.15. The predicted octanol–water partition coefficient (Wildman–Crippen LogP) is 2.05. The van der Waals surface area contributed by atoms with Crippen molar-refractivity contribution in [1.82, 2.24) is 20.4 Å². The second-order valence-corrected chi connectivity index (χ2v) is 5.98. The van der Waals surface area contributed by atoms with Crippen LogP contribution in [0.4, 0.5) is 23.0 Å². The fraction of sp³-hybridized carbons (Fsp3) is 0.111. The van der Waals surface area contributed by atoms with Gasteiger partial charge in [0.15, 0.2) is 11.5 Å². The number of fused-ring (bicyclic) bond motifs is 1. The van der Waals surface area contributed by atoms with Crippen molar-refractivity contribution in [2.45, 2.75) is 0 Å². The van der Waals surface area contributed by atoms with Crippen LogP contribution >= 0.6 is 0 Å². The molecule has 0 unspecified atom stereocenters. The van der Waals surface area contributed by atoms with Crippen LogP contribution in [0.2, 0.25) is 0 Å². The maximum Gasteiger partial charge on any atom is 0.355 e. The average molecular weight is 409 g/mol. The molecule has 152 valence electrons. The molecular formula is C18H15N7O5. The number of hydrazine groups is 1. The highest BCUT2D eigenvalue weighted by Gasteiger charge is 2.24. The number of amides is 1. The number of hydrogen-bond acceptors (Lipinski definition) is 10. The van der Waals surface area contributed by atoms with Crippen LogP contribution in [-0.2, 0) is 0 Å². The third kappa shape index (κ3) is 4.01. The summed E-state index contributed by atoms with van der Waals surface area (Å²) in [6.07, 6.45) is 4.02. The van der Waals surface area contributed by atoms with E-state index in [0.29, 0.717) is 30.4 Å². The van der Waals surface area contributed by atoms with Crippen molar-refractivity contribution in [3.8, 4) is 11.5 Å². The Hall–Kier alpha value is -4.48. The van der Waals surface area contributed by atoms with E-state index >= 15 is 0 Å². The molecule has 0 aliphatic carbocycles. The molecule has 1 aliphatic rings. The summed E-state index contributed by atoms with van der Waals surface area (Å²) >= 11 is 0. The molecule has 1 aliphatic heterocycles. The van der Waals surface area contributed by atoms with E-state index in [2.05, 4.69) is 31.1 Å². The van der Waals surface area contributed by atoms with Crippen molar-refractivity contribution >= 4 is 28.9 Å². The van der Waals surface area contributed by atoms with Crippen LogP contribution in [0.1, 0.15) is 10.4 Å². The molecule has 0 bridgehead atoms.